The monoisotopic (exact) mass is 266 g/mol. The van der Waals surface area contributed by atoms with Crippen LogP contribution in [0.5, 0.6) is 0 Å². The standard InChI is InChI=1S/C14H19FN2O2/c1-16-4-5-17(7-11-8-18-10-19-9-11)13-3-2-12(15)6-14(13)16/h2-3,6,11H,4-5,7-10H2,1H3. The number of ether oxygens (including phenoxy) is 2. The van der Waals surface area contributed by atoms with Gasteiger partial charge in [0.05, 0.1) is 24.6 Å². The number of anilines is 2. The zero-order valence-electron chi connectivity index (χ0n) is 11.1. The van der Waals surface area contributed by atoms with E-state index in [0.717, 1.165) is 44.2 Å². The molecule has 0 saturated carbocycles. The number of likely N-dealkylation sites (N-methyl/N-ethyl adjacent to an activating group) is 1. The minimum atomic E-state index is -0.184. The highest BCUT2D eigenvalue weighted by Crippen LogP contribution is 2.33. The molecule has 0 unspecified atom stereocenters. The molecule has 0 amide bonds. The van der Waals surface area contributed by atoms with E-state index in [1.807, 2.05) is 13.1 Å². The van der Waals surface area contributed by atoms with Gasteiger partial charge in [-0.1, -0.05) is 0 Å². The SMILES string of the molecule is CN1CCN(CC2COCOC2)c2ccc(F)cc21. The Hall–Kier alpha value is -1.33. The number of fused-ring (bicyclic) bond motifs is 1. The molecule has 0 bridgehead atoms. The molecule has 5 heteroatoms. The summed E-state index contributed by atoms with van der Waals surface area (Å²) in [6, 6.07) is 5.00. The molecule has 1 aromatic rings. The van der Waals surface area contributed by atoms with Crippen LogP contribution in [0.25, 0.3) is 0 Å². The lowest BCUT2D eigenvalue weighted by atomic mass is 10.1. The number of rotatable bonds is 2. The van der Waals surface area contributed by atoms with Crippen molar-refractivity contribution in [3.63, 3.8) is 0 Å². The van der Waals surface area contributed by atoms with Crippen LogP contribution in [-0.4, -0.2) is 46.7 Å². The summed E-state index contributed by atoms with van der Waals surface area (Å²) in [6.07, 6.45) is 0. The quantitative estimate of drug-likeness (QED) is 0.813. The molecule has 1 fully saturated rings. The topological polar surface area (TPSA) is 24.9 Å². The maximum atomic E-state index is 13.4. The maximum Gasteiger partial charge on any atom is 0.146 e. The largest absolute Gasteiger partial charge is 0.371 e. The first-order valence-electron chi connectivity index (χ1n) is 6.65. The van der Waals surface area contributed by atoms with Crippen LogP contribution in [0.2, 0.25) is 0 Å². The van der Waals surface area contributed by atoms with Crippen LogP contribution < -0.4 is 9.80 Å². The van der Waals surface area contributed by atoms with Crippen molar-refractivity contribution in [2.75, 3.05) is 56.5 Å². The lowest BCUT2D eigenvalue weighted by Gasteiger charge is -2.39. The lowest BCUT2D eigenvalue weighted by molar-refractivity contribution is -0.123. The third-order valence-electron chi connectivity index (χ3n) is 3.75. The molecule has 2 aliphatic heterocycles. The lowest BCUT2D eigenvalue weighted by Crippen LogP contribution is -2.44. The van der Waals surface area contributed by atoms with E-state index in [-0.39, 0.29) is 5.82 Å². The molecule has 3 rings (SSSR count). The summed E-state index contributed by atoms with van der Waals surface area (Å²) in [5.41, 5.74) is 2.06. The second-order valence-electron chi connectivity index (χ2n) is 5.23. The Bertz CT molecular complexity index is 449. The summed E-state index contributed by atoms with van der Waals surface area (Å²) < 4.78 is 24.0. The Morgan fingerprint density at radius 1 is 1.21 bits per heavy atom. The molecule has 0 radical (unpaired) electrons. The van der Waals surface area contributed by atoms with Crippen molar-refractivity contribution in [1.82, 2.24) is 0 Å². The van der Waals surface area contributed by atoms with Gasteiger partial charge in [0.25, 0.3) is 0 Å². The second kappa shape index (κ2) is 5.35. The van der Waals surface area contributed by atoms with E-state index in [1.165, 1.54) is 6.07 Å². The maximum absolute atomic E-state index is 13.4. The van der Waals surface area contributed by atoms with Gasteiger partial charge >= 0.3 is 0 Å². The van der Waals surface area contributed by atoms with Crippen molar-refractivity contribution < 1.29 is 13.9 Å². The van der Waals surface area contributed by atoms with Gasteiger partial charge in [0.1, 0.15) is 12.6 Å². The highest BCUT2D eigenvalue weighted by Gasteiger charge is 2.24. The molecule has 19 heavy (non-hydrogen) atoms. The first-order valence-corrected chi connectivity index (χ1v) is 6.65. The second-order valence-corrected chi connectivity index (χ2v) is 5.23. The van der Waals surface area contributed by atoms with Gasteiger partial charge in [0.2, 0.25) is 0 Å². The van der Waals surface area contributed by atoms with E-state index in [9.17, 15) is 4.39 Å². The zero-order chi connectivity index (χ0) is 13.2. The molecule has 0 aliphatic carbocycles. The fraction of sp³-hybridized carbons (Fsp3) is 0.571. The predicted octanol–water partition coefficient (Wildman–Crippen LogP) is 1.70. The van der Waals surface area contributed by atoms with E-state index in [0.29, 0.717) is 12.7 Å². The fourth-order valence-corrected chi connectivity index (χ4v) is 2.72. The van der Waals surface area contributed by atoms with Gasteiger partial charge in [-0.15, -0.1) is 0 Å². The molecule has 2 aliphatic rings. The minimum absolute atomic E-state index is 0.184. The Labute approximate surface area is 112 Å². The molecule has 1 aromatic carbocycles. The van der Waals surface area contributed by atoms with Crippen LogP contribution in [0.4, 0.5) is 15.8 Å². The van der Waals surface area contributed by atoms with Crippen molar-refractivity contribution in [1.29, 1.82) is 0 Å². The number of halogens is 1. The molecule has 4 nitrogen and oxygen atoms in total. The van der Waals surface area contributed by atoms with Gasteiger partial charge in [0, 0.05) is 32.6 Å². The summed E-state index contributed by atoms with van der Waals surface area (Å²) in [5.74, 6) is 0.201. The Morgan fingerprint density at radius 3 is 2.79 bits per heavy atom. The van der Waals surface area contributed by atoms with Gasteiger partial charge in [0.15, 0.2) is 0 Å². The molecular formula is C14H19FN2O2. The minimum Gasteiger partial charge on any atom is -0.371 e. The third kappa shape index (κ3) is 2.67. The number of benzene rings is 1. The molecule has 1 saturated heterocycles. The Kier molecular flexibility index (Phi) is 3.57. The van der Waals surface area contributed by atoms with Crippen LogP contribution in [0.15, 0.2) is 18.2 Å². The molecule has 0 atom stereocenters. The van der Waals surface area contributed by atoms with Crippen molar-refractivity contribution >= 4 is 11.4 Å². The molecular weight excluding hydrogens is 247 g/mol. The van der Waals surface area contributed by atoms with Crippen LogP contribution in [0.1, 0.15) is 0 Å². The smallest absolute Gasteiger partial charge is 0.146 e. The summed E-state index contributed by atoms with van der Waals surface area (Å²) in [6.45, 7) is 4.63. The van der Waals surface area contributed by atoms with Crippen LogP contribution in [0, 0.1) is 11.7 Å². The van der Waals surface area contributed by atoms with Crippen molar-refractivity contribution in [3.05, 3.63) is 24.0 Å². The molecule has 0 aromatic heterocycles. The number of hydrogen-bond donors (Lipinski definition) is 0. The van der Waals surface area contributed by atoms with Gasteiger partial charge < -0.3 is 19.3 Å². The Balaban J connectivity index is 1.78. The van der Waals surface area contributed by atoms with E-state index in [4.69, 9.17) is 9.47 Å². The molecule has 0 N–H and O–H groups in total. The summed E-state index contributed by atoms with van der Waals surface area (Å²) in [5, 5.41) is 0. The average Bonchev–Trinajstić information content (AvgIpc) is 2.43. The highest BCUT2D eigenvalue weighted by atomic mass is 19.1. The van der Waals surface area contributed by atoms with E-state index in [2.05, 4.69) is 9.80 Å². The summed E-state index contributed by atoms with van der Waals surface area (Å²) in [7, 11) is 2.00. The molecule has 104 valence electrons. The summed E-state index contributed by atoms with van der Waals surface area (Å²) in [4.78, 5) is 4.40. The summed E-state index contributed by atoms with van der Waals surface area (Å²) >= 11 is 0. The first-order chi connectivity index (χ1) is 9.24. The van der Waals surface area contributed by atoms with Crippen molar-refractivity contribution in [3.8, 4) is 0 Å². The van der Waals surface area contributed by atoms with Gasteiger partial charge in [-0.2, -0.15) is 0 Å². The zero-order valence-corrected chi connectivity index (χ0v) is 11.1. The predicted molar refractivity (Wildman–Crippen MR) is 72.1 cm³/mol. The highest BCUT2D eigenvalue weighted by molar-refractivity contribution is 5.73. The van der Waals surface area contributed by atoms with Gasteiger partial charge in [-0.3, -0.25) is 0 Å². The normalized spacial score (nSPS) is 20.5. The van der Waals surface area contributed by atoms with E-state index in [1.54, 1.807) is 6.07 Å². The average molecular weight is 266 g/mol. The van der Waals surface area contributed by atoms with Crippen LogP contribution in [-0.2, 0) is 9.47 Å². The van der Waals surface area contributed by atoms with Crippen molar-refractivity contribution in [2.45, 2.75) is 0 Å². The molecule has 2 heterocycles. The third-order valence-corrected chi connectivity index (χ3v) is 3.75. The van der Waals surface area contributed by atoms with E-state index < -0.39 is 0 Å². The van der Waals surface area contributed by atoms with Crippen LogP contribution in [0.3, 0.4) is 0 Å². The first kappa shape index (κ1) is 12.7. The van der Waals surface area contributed by atoms with E-state index >= 15 is 0 Å². The van der Waals surface area contributed by atoms with Gasteiger partial charge in [-0.05, 0) is 18.2 Å². The number of nitrogens with zero attached hydrogens (tertiary/aromatic N) is 2. The number of hydrogen-bond acceptors (Lipinski definition) is 4. The van der Waals surface area contributed by atoms with Crippen molar-refractivity contribution in [2.24, 2.45) is 5.92 Å². The fourth-order valence-electron chi connectivity index (χ4n) is 2.72. The molecule has 0 spiro atoms. The Morgan fingerprint density at radius 2 is 2.00 bits per heavy atom. The van der Waals surface area contributed by atoms with Gasteiger partial charge in [-0.25, -0.2) is 4.39 Å². The van der Waals surface area contributed by atoms with Crippen LogP contribution >= 0.6 is 0 Å².